The standard InChI is InChI=1S/C47H88O16P2/c1-3-5-7-9-11-13-15-17-19-20-22-23-25-27-29-31-33-35-40(48)59-37-39(61-41(49)36-34-32-30-28-26-24-21-18-16-14-12-10-8-6-4-2)38-60-65(57,58)63-47-44(52)42(50)43(51)46(45(47)53)62-64(54,55)56/h11,13,17,19,39,42-47,50-53H,3-10,12,14-16,18,20-38H2,1-2H3,(H,57,58)(H2,54,55,56)/b13-11-,19-17-/t39-,42?,43?,44?,45?,46-,47+/m1/s1. The first-order chi connectivity index (χ1) is 31.1. The lowest BCUT2D eigenvalue weighted by molar-refractivity contribution is -0.216. The molecule has 1 rings (SSSR count). The van der Waals surface area contributed by atoms with Gasteiger partial charge >= 0.3 is 27.6 Å². The second-order valence-electron chi connectivity index (χ2n) is 17.5. The highest BCUT2D eigenvalue weighted by molar-refractivity contribution is 7.47. The molecule has 0 aromatic rings. The van der Waals surface area contributed by atoms with Crippen LogP contribution in [-0.2, 0) is 41.8 Å². The van der Waals surface area contributed by atoms with Gasteiger partial charge in [-0.25, -0.2) is 9.13 Å². The number of phosphoric acid groups is 2. The van der Waals surface area contributed by atoms with Crippen molar-refractivity contribution >= 4 is 27.6 Å². The smallest absolute Gasteiger partial charge is 0.462 e. The first kappa shape index (κ1) is 61.5. The maximum absolute atomic E-state index is 13.0. The average Bonchev–Trinajstić information content (AvgIpc) is 3.26. The summed E-state index contributed by atoms with van der Waals surface area (Å²) in [7, 11) is -10.7. The fourth-order valence-corrected chi connectivity index (χ4v) is 9.18. The Morgan fingerprint density at radius 1 is 0.492 bits per heavy atom. The number of aliphatic hydroxyl groups excluding tert-OH is 4. The Morgan fingerprint density at radius 3 is 1.37 bits per heavy atom. The van der Waals surface area contributed by atoms with E-state index in [1.54, 1.807) is 0 Å². The van der Waals surface area contributed by atoms with Crippen LogP contribution in [0.4, 0.5) is 0 Å². The summed E-state index contributed by atoms with van der Waals surface area (Å²) in [6, 6.07) is 0. The minimum atomic E-state index is -5.36. The first-order valence-electron chi connectivity index (χ1n) is 24.9. The number of ether oxygens (including phenoxy) is 2. The summed E-state index contributed by atoms with van der Waals surface area (Å²) < 4.78 is 49.4. The molecule has 0 aromatic carbocycles. The van der Waals surface area contributed by atoms with Crippen molar-refractivity contribution in [1.82, 2.24) is 0 Å². The number of hydrogen-bond acceptors (Lipinski definition) is 13. The zero-order valence-corrected chi connectivity index (χ0v) is 41.5. The van der Waals surface area contributed by atoms with Crippen molar-refractivity contribution in [2.24, 2.45) is 0 Å². The zero-order valence-electron chi connectivity index (χ0n) is 39.7. The molecular formula is C47H88O16P2. The van der Waals surface area contributed by atoms with Crippen molar-refractivity contribution < 1.29 is 76.9 Å². The normalized spacial score (nSPS) is 21.8. The maximum atomic E-state index is 13.0. The molecular weight excluding hydrogens is 882 g/mol. The number of hydrogen-bond donors (Lipinski definition) is 7. The number of unbranched alkanes of at least 4 members (excludes halogenated alkanes) is 24. The lowest BCUT2D eigenvalue weighted by atomic mass is 9.85. The van der Waals surface area contributed by atoms with Crippen molar-refractivity contribution in [2.45, 2.75) is 249 Å². The Balaban J connectivity index is 2.56. The molecule has 0 radical (unpaired) electrons. The lowest BCUT2D eigenvalue weighted by Crippen LogP contribution is -2.64. The zero-order chi connectivity index (χ0) is 48.2. The van der Waals surface area contributed by atoms with Crippen LogP contribution in [0.5, 0.6) is 0 Å². The third-order valence-corrected chi connectivity index (χ3v) is 13.0. The van der Waals surface area contributed by atoms with Crippen LogP contribution in [0, 0.1) is 0 Å². The molecule has 1 fully saturated rings. The highest BCUT2D eigenvalue weighted by atomic mass is 31.2. The van der Waals surface area contributed by atoms with Gasteiger partial charge in [0.05, 0.1) is 6.61 Å². The SMILES string of the molecule is CCCCC/C=C\C/C=C\CCCCCCCCCC(=O)OC[C@H](COP(=O)(O)O[C@H]1C(O)C(O)C(O)[C@@H](OP(=O)(O)O)C1O)OC(=O)CCCCCCCCCCCCCCCCC. The van der Waals surface area contributed by atoms with Crippen LogP contribution >= 0.6 is 15.6 Å². The molecule has 1 saturated carbocycles. The molecule has 16 nitrogen and oxygen atoms in total. The number of rotatable bonds is 42. The average molecular weight is 971 g/mol. The Hall–Kier alpha value is -1.52. The molecule has 65 heavy (non-hydrogen) atoms. The molecule has 1 aliphatic carbocycles. The van der Waals surface area contributed by atoms with Crippen LogP contribution in [0.25, 0.3) is 0 Å². The highest BCUT2D eigenvalue weighted by Crippen LogP contribution is 2.49. The van der Waals surface area contributed by atoms with Gasteiger partial charge in [0.2, 0.25) is 0 Å². The summed E-state index contributed by atoms with van der Waals surface area (Å²) in [6.45, 7) is 3.10. The maximum Gasteiger partial charge on any atom is 0.472 e. The second kappa shape index (κ2) is 38.3. The highest BCUT2D eigenvalue weighted by Gasteiger charge is 2.54. The van der Waals surface area contributed by atoms with E-state index in [4.69, 9.17) is 18.5 Å². The fraction of sp³-hybridized carbons (Fsp3) is 0.872. The predicted octanol–water partition coefficient (Wildman–Crippen LogP) is 9.73. The quantitative estimate of drug-likeness (QED) is 0.0130. The van der Waals surface area contributed by atoms with E-state index < -0.39 is 83.5 Å². The van der Waals surface area contributed by atoms with E-state index in [0.29, 0.717) is 12.8 Å². The minimum absolute atomic E-state index is 0.0468. The largest absolute Gasteiger partial charge is 0.472 e. The molecule has 8 atom stereocenters. The van der Waals surface area contributed by atoms with Crippen molar-refractivity contribution in [3.8, 4) is 0 Å². The van der Waals surface area contributed by atoms with Crippen LogP contribution in [-0.4, -0.2) is 103 Å². The van der Waals surface area contributed by atoms with E-state index in [1.807, 2.05) is 0 Å². The number of carbonyl (C=O) groups excluding carboxylic acids is 2. The summed E-state index contributed by atoms with van der Waals surface area (Å²) in [4.78, 5) is 54.3. The summed E-state index contributed by atoms with van der Waals surface area (Å²) in [6.07, 6.45) is 25.5. The molecule has 7 N–H and O–H groups in total. The molecule has 382 valence electrons. The summed E-state index contributed by atoms with van der Waals surface area (Å²) in [5.74, 6) is -1.20. The Morgan fingerprint density at radius 2 is 0.892 bits per heavy atom. The van der Waals surface area contributed by atoms with Gasteiger partial charge in [-0.3, -0.25) is 23.2 Å². The van der Waals surface area contributed by atoms with Gasteiger partial charge in [0.1, 0.15) is 43.2 Å². The minimum Gasteiger partial charge on any atom is -0.462 e. The second-order valence-corrected chi connectivity index (χ2v) is 20.1. The van der Waals surface area contributed by atoms with E-state index in [1.165, 1.54) is 83.5 Å². The van der Waals surface area contributed by atoms with E-state index in [-0.39, 0.29) is 12.8 Å². The van der Waals surface area contributed by atoms with E-state index in [9.17, 15) is 53.8 Å². The monoisotopic (exact) mass is 971 g/mol. The molecule has 5 unspecified atom stereocenters. The number of aliphatic hydroxyl groups is 4. The number of phosphoric ester groups is 2. The predicted molar refractivity (Wildman–Crippen MR) is 251 cm³/mol. The number of esters is 2. The molecule has 0 bridgehead atoms. The first-order valence-corrected chi connectivity index (χ1v) is 27.9. The molecule has 0 aromatic heterocycles. The third-order valence-electron chi connectivity index (χ3n) is 11.5. The molecule has 0 aliphatic heterocycles. The molecule has 1 aliphatic rings. The van der Waals surface area contributed by atoms with Gasteiger partial charge in [-0.15, -0.1) is 0 Å². The van der Waals surface area contributed by atoms with Crippen LogP contribution in [0.2, 0.25) is 0 Å². The Bertz CT molecular complexity index is 1360. The van der Waals surface area contributed by atoms with Gasteiger partial charge in [0, 0.05) is 12.8 Å². The topological polar surface area (TPSA) is 256 Å². The van der Waals surface area contributed by atoms with Gasteiger partial charge in [-0.05, 0) is 44.9 Å². The summed E-state index contributed by atoms with van der Waals surface area (Å²) in [5, 5.41) is 41.3. The van der Waals surface area contributed by atoms with Gasteiger partial charge in [-0.1, -0.05) is 173 Å². The van der Waals surface area contributed by atoms with Crippen LogP contribution in [0.15, 0.2) is 24.3 Å². The van der Waals surface area contributed by atoms with Gasteiger partial charge in [0.15, 0.2) is 6.10 Å². The molecule has 0 saturated heterocycles. The summed E-state index contributed by atoms with van der Waals surface area (Å²) >= 11 is 0. The lowest BCUT2D eigenvalue weighted by Gasteiger charge is -2.43. The Kier molecular flexibility index (Phi) is 36.3. The number of carbonyl (C=O) groups is 2. The van der Waals surface area contributed by atoms with Crippen molar-refractivity contribution in [2.75, 3.05) is 13.2 Å². The van der Waals surface area contributed by atoms with Crippen molar-refractivity contribution in [1.29, 1.82) is 0 Å². The number of allylic oxidation sites excluding steroid dienone is 4. The van der Waals surface area contributed by atoms with Crippen LogP contribution < -0.4 is 0 Å². The van der Waals surface area contributed by atoms with Crippen LogP contribution in [0.3, 0.4) is 0 Å². The third kappa shape index (κ3) is 32.8. The fourth-order valence-electron chi connectivity index (χ4n) is 7.65. The summed E-state index contributed by atoms with van der Waals surface area (Å²) in [5.41, 5.74) is 0. The molecule has 0 spiro atoms. The van der Waals surface area contributed by atoms with Crippen LogP contribution in [0.1, 0.15) is 206 Å². The van der Waals surface area contributed by atoms with Gasteiger partial charge in [0.25, 0.3) is 0 Å². The van der Waals surface area contributed by atoms with Gasteiger partial charge < -0.3 is 44.6 Å². The van der Waals surface area contributed by atoms with Crippen molar-refractivity contribution in [3.05, 3.63) is 24.3 Å². The van der Waals surface area contributed by atoms with E-state index >= 15 is 0 Å². The van der Waals surface area contributed by atoms with Crippen molar-refractivity contribution in [3.63, 3.8) is 0 Å². The Labute approximate surface area is 390 Å². The molecule has 0 amide bonds. The van der Waals surface area contributed by atoms with E-state index in [2.05, 4.69) is 42.7 Å². The van der Waals surface area contributed by atoms with Gasteiger partial charge in [-0.2, -0.15) is 0 Å². The molecule has 18 heteroatoms. The van der Waals surface area contributed by atoms with E-state index in [0.717, 1.165) is 83.5 Å². The molecule has 0 heterocycles.